The number of hydrogen-bond acceptors (Lipinski definition) is 11. The third kappa shape index (κ3) is 13.6. The zero-order valence-corrected chi connectivity index (χ0v) is 35.8. The molecule has 7 atom stereocenters. The molecule has 312 valence electrons. The molecule has 3 amide bonds. The number of nitrogens with one attached hydrogen (secondary N) is 2. The summed E-state index contributed by atoms with van der Waals surface area (Å²) in [6.45, 7) is 16.5. The second-order valence-corrected chi connectivity index (χ2v) is 16.5. The van der Waals surface area contributed by atoms with Crippen LogP contribution in [0.25, 0.3) is 0 Å². The van der Waals surface area contributed by atoms with Crippen molar-refractivity contribution >= 4 is 46.7 Å². The van der Waals surface area contributed by atoms with Gasteiger partial charge < -0.3 is 30.7 Å². The van der Waals surface area contributed by atoms with Crippen LogP contribution >= 0.6 is 11.3 Å². The Labute approximate surface area is 337 Å². The number of esters is 2. The van der Waals surface area contributed by atoms with Crippen molar-refractivity contribution in [2.75, 3.05) is 32.5 Å². The summed E-state index contributed by atoms with van der Waals surface area (Å²) in [5, 5.41) is 8.28. The number of carbonyl (C=O) groups excluding carboxylic acids is 5. The quantitative estimate of drug-likeness (QED) is 0.102. The normalized spacial score (nSPS) is 17.9. The summed E-state index contributed by atoms with van der Waals surface area (Å²) in [5.74, 6) is -2.17. The molecule has 1 aliphatic heterocycles. The first kappa shape index (κ1) is 46.3. The second-order valence-electron chi connectivity index (χ2n) is 15.6. The molecule has 0 radical (unpaired) electrons. The van der Waals surface area contributed by atoms with Gasteiger partial charge in [-0.3, -0.25) is 28.9 Å². The third-order valence-electron chi connectivity index (χ3n) is 10.7. The van der Waals surface area contributed by atoms with Gasteiger partial charge in [0.25, 0.3) is 5.91 Å². The van der Waals surface area contributed by atoms with Crippen LogP contribution < -0.4 is 16.4 Å². The summed E-state index contributed by atoms with van der Waals surface area (Å²) in [6, 6.07) is 5.58. The largest absolute Gasteiger partial charge is 0.466 e. The monoisotopic (exact) mass is 798 g/mol. The van der Waals surface area contributed by atoms with Crippen molar-refractivity contribution in [1.29, 1.82) is 0 Å². The van der Waals surface area contributed by atoms with Crippen LogP contribution in [0.15, 0.2) is 29.6 Å². The molecule has 7 unspecified atom stereocenters. The third-order valence-corrected chi connectivity index (χ3v) is 11.6. The molecule has 56 heavy (non-hydrogen) atoms. The van der Waals surface area contributed by atoms with E-state index >= 15 is 0 Å². The number of amides is 3. The standard InChI is InChI=1S/C42H66N6O7S/c1-10-20-48(41(52)37(27(6)11-2)46-39(51)34-15-13-14-21-47(34)9)35(26(4)5)24-36(55-29(8)49)40-45-33(25-56-40)38(50)44-32(22-28(7)42(53)54-12-3)23-30-16-18-31(43)19-17-30/h16-19,25-28,32,34-37H,10-15,20-24,43H2,1-9H3,(H,44,50)(H,46,51). The predicted octanol–water partition coefficient (Wildman–Crippen LogP) is 5.93. The summed E-state index contributed by atoms with van der Waals surface area (Å²) in [4.78, 5) is 75.6. The minimum Gasteiger partial charge on any atom is -0.466 e. The minimum atomic E-state index is -0.833. The number of benzene rings is 1. The Bertz CT molecular complexity index is 1580. The number of nitrogen functional groups attached to an aromatic ring is 1. The van der Waals surface area contributed by atoms with E-state index in [0.717, 1.165) is 31.4 Å². The molecule has 1 aromatic heterocycles. The first-order valence-electron chi connectivity index (χ1n) is 20.3. The van der Waals surface area contributed by atoms with Crippen molar-refractivity contribution in [3.05, 3.63) is 45.9 Å². The number of likely N-dealkylation sites (N-methyl/N-ethyl adjacent to an activating group) is 1. The number of nitrogens with two attached hydrogens (primary N) is 1. The first-order valence-corrected chi connectivity index (χ1v) is 21.2. The van der Waals surface area contributed by atoms with Crippen molar-refractivity contribution in [1.82, 2.24) is 25.4 Å². The Morgan fingerprint density at radius 2 is 1.71 bits per heavy atom. The van der Waals surface area contributed by atoms with Crippen molar-refractivity contribution in [2.45, 2.75) is 137 Å². The zero-order chi connectivity index (χ0) is 41.5. The molecule has 1 saturated heterocycles. The number of aromatic nitrogens is 1. The number of carbonyl (C=O) groups is 5. The maximum absolute atomic E-state index is 14.6. The average molecular weight is 799 g/mol. The fourth-order valence-corrected chi connectivity index (χ4v) is 8.15. The van der Waals surface area contributed by atoms with Crippen LogP contribution in [0, 0.1) is 17.8 Å². The lowest BCUT2D eigenvalue weighted by Crippen LogP contribution is -2.58. The molecule has 14 heteroatoms. The van der Waals surface area contributed by atoms with Gasteiger partial charge in [0.15, 0.2) is 6.10 Å². The van der Waals surface area contributed by atoms with Gasteiger partial charge in [0.1, 0.15) is 16.7 Å². The Morgan fingerprint density at radius 3 is 2.30 bits per heavy atom. The molecule has 13 nitrogen and oxygen atoms in total. The lowest BCUT2D eigenvalue weighted by Gasteiger charge is -2.40. The summed E-state index contributed by atoms with van der Waals surface area (Å²) in [6.07, 6.45) is 4.37. The molecule has 1 aliphatic rings. The first-order chi connectivity index (χ1) is 26.6. The number of anilines is 1. The maximum atomic E-state index is 14.6. The fourth-order valence-electron chi connectivity index (χ4n) is 7.31. The number of ether oxygens (including phenoxy) is 2. The molecular weight excluding hydrogens is 733 g/mol. The van der Waals surface area contributed by atoms with Gasteiger partial charge in [0.2, 0.25) is 11.8 Å². The van der Waals surface area contributed by atoms with Crippen LogP contribution in [0.1, 0.15) is 127 Å². The van der Waals surface area contributed by atoms with Gasteiger partial charge in [0, 0.05) is 43.0 Å². The molecule has 0 saturated carbocycles. The Kier molecular flexibility index (Phi) is 18.7. The van der Waals surface area contributed by atoms with Crippen LogP contribution in [0.2, 0.25) is 0 Å². The number of hydrogen-bond donors (Lipinski definition) is 3. The zero-order valence-electron chi connectivity index (χ0n) is 35.0. The van der Waals surface area contributed by atoms with Crippen LogP contribution in [0.4, 0.5) is 5.69 Å². The predicted molar refractivity (Wildman–Crippen MR) is 220 cm³/mol. The summed E-state index contributed by atoms with van der Waals surface area (Å²) in [5.41, 5.74) is 7.61. The Balaban J connectivity index is 1.88. The van der Waals surface area contributed by atoms with E-state index in [1.807, 2.05) is 58.7 Å². The molecule has 0 spiro atoms. The van der Waals surface area contributed by atoms with Crippen molar-refractivity contribution in [3.8, 4) is 0 Å². The lowest BCUT2D eigenvalue weighted by molar-refractivity contribution is -0.150. The fraction of sp³-hybridized carbons (Fsp3) is 0.667. The van der Waals surface area contributed by atoms with E-state index in [2.05, 4.69) is 20.5 Å². The van der Waals surface area contributed by atoms with E-state index in [-0.39, 0.29) is 60.4 Å². The van der Waals surface area contributed by atoms with Gasteiger partial charge in [0.05, 0.1) is 18.6 Å². The Hall–Kier alpha value is -4.04. The summed E-state index contributed by atoms with van der Waals surface area (Å²) in [7, 11) is 1.96. The van der Waals surface area contributed by atoms with Gasteiger partial charge in [-0.25, -0.2) is 4.98 Å². The average Bonchev–Trinajstić information content (AvgIpc) is 3.66. The number of rotatable bonds is 21. The van der Waals surface area contributed by atoms with Gasteiger partial charge in [-0.05, 0) is 82.2 Å². The van der Waals surface area contributed by atoms with Crippen LogP contribution in [-0.2, 0) is 35.1 Å². The van der Waals surface area contributed by atoms with Gasteiger partial charge >= 0.3 is 11.9 Å². The Morgan fingerprint density at radius 1 is 1.02 bits per heavy atom. The number of thiazole rings is 1. The highest BCUT2D eigenvalue weighted by atomic mass is 32.1. The van der Waals surface area contributed by atoms with E-state index in [1.54, 1.807) is 31.4 Å². The molecule has 2 aromatic rings. The highest BCUT2D eigenvalue weighted by molar-refractivity contribution is 7.09. The number of likely N-dealkylation sites (tertiary alicyclic amines) is 1. The van der Waals surface area contributed by atoms with Crippen LogP contribution in [0.3, 0.4) is 0 Å². The van der Waals surface area contributed by atoms with Gasteiger partial charge in [-0.1, -0.05) is 66.5 Å². The molecule has 1 fully saturated rings. The number of piperidine rings is 1. The number of nitrogens with zero attached hydrogens (tertiary/aromatic N) is 3. The molecule has 2 heterocycles. The summed E-state index contributed by atoms with van der Waals surface area (Å²) >= 11 is 1.21. The highest BCUT2D eigenvalue weighted by Gasteiger charge is 2.38. The topological polar surface area (TPSA) is 173 Å². The SMILES string of the molecule is CCCN(C(=O)C(NC(=O)C1CCCCN1C)C(C)CC)C(CC(OC(C)=O)c1nc(C(=O)NC(Cc2ccc(N)cc2)CC(C)C(=O)OCC)cs1)C(C)C. The van der Waals surface area contributed by atoms with E-state index in [4.69, 9.17) is 15.2 Å². The molecular formula is C42H66N6O7S. The highest BCUT2D eigenvalue weighted by Crippen LogP contribution is 2.32. The van der Waals surface area contributed by atoms with Crippen molar-refractivity contribution < 1.29 is 33.4 Å². The smallest absolute Gasteiger partial charge is 0.308 e. The lowest BCUT2D eigenvalue weighted by atomic mass is 9.92. The van der Waals surface area contributed by atoms with E-state index in [1.165, 1.54) is 18.3 Å². The van der Waals surface area contributed by atoms with E-state index in [9.17, 15) is 24.0 Å². The second kappa shape index (κ2) is 22.6. The van der Waals surface area contributed by atoms with Gasteiger partial charge in [-0.2, -0.15) is 0 Å². The maximum Gasteiger partial charge on any atom is 0.308 e. The van der Waals surface area contributed by atoms with E-state index < -0.39 is 36.0 Å². The van der Waals surface area contributed by atoms with Crippen molar-refractivity contribution in [2.24, 2.45) is 17.8 Å². The molecule has 3 rings (SSSR count). The van der Waals surface area contributed by atoms with E-state index in [0.29, 0.717) is 42.9 Å². The molecule has 0 aliphatic carbocycles. The molecule has 4 N–H and O–H groups in total. The van der Waals surface area contributed by atoms with Crippen LogP contribution in [-0.4, -0.2) is 95.4 Å². The molecule has 0 bridgehead atoms. The van der Waals surface area contributed by atoms with Crippen LogP contribution in [0.5, 0.6) is 0 Å². The minimum absolute atomic E-state index is 0.0421. The summed E-state index contributed by atoms with van der Waals surface area (Å²) < 4.78 is 11.1. The van der Waals surface area contributed by atoms with Crippen molar-refractivity contribution in [3.63, 3.8) is 0 Å². The van der Waals surface area contributed by atoms with Gasteiger partial charge in [-0.15, -0.1) is 11.3 Å². The molecule has 1 aromatic carbocycles.